The summed E-state index contributed by atoms with van der Waals surface area (Å²) in [6.45, 7) is 4.29. The van der Waals surface area contributed by atoms with Gasteiger partial charge in [-0.3, -0.25) is 4.79 Å². The first-order valence-corrected chi connectivity index (χ1v) is 7.36. The molecule has 0 spiro atoms. The molecule has 1 aromatic rings. The van der Waals surface area contributed by atoms with Crippen LogP contribution in [-0.4, -0.2) is 30.5 Å². The van der Waals surface area contributed by atoms with Crippen molar-refractivity contribution in [1.82, 2.24) is 4.90 Å². The van der Waals surface area contributed by atoms with Crippen molar-refractivity contribution in [2.24, 2.45) is 5.92 Å². The van der Waals surface area contributed by atoms with Gasteiger partial charge in [0.1, 0.15) is 5.75 Å². The number of rotatable bonds is 8. The zero-order valence-corrected chi connectivity index (χ0v) is 12.8. The maximum Gasteiger partial charge on any atom is 0.387 e. The van der Waals surface area contributed by atoms with Gasteiger partial charge in [-0.25, -0.2) is 0 Å². The summed E-state index contributed by atoms with van der Waals surface area (Å²) in [5, 5.41) is 0. The minimum atomic E-state index is -2.94. The zero-order valence-electron chi connectivity index (χ0n) is 12.8. The molecule has 0 unspecified atom stereocenters. The molecule has 0 saturated heterocycles. The Morgan fingerprint density at radius 2 is 1.81 bits per heavy atom. The molecule has 5 heteroatoms. The fourth-order valence-electron chi connectivity index (χ4n) is 2.23. The molecule has 0 atom stereocenters. The molecule has 0 aliphatic carbocycles. The highest BCUT2D eigenvalue weighted by Gasteiger charge is 2.21. The van der Waals surface area contributed by atoms with Crippen LogP contribution in [0.2, 0.25) is 0 Å². The lowest BCUT2D eigenvalue weighted by molar-refractivity contribution is -0.0502. The van der Waals surface area contributed by atoms with Gasteiger partial charge in [-0.15, -0.1) is 0 Å². The zero-order chi connectivity index (χ0) is 15.8. The topological polar surface area (TPSA) is 29.5 Å². The first-order chi connectivity index (χ1) is 10.0. The van der Waals surface area contributed by atoms with Crippen LogP contribution >= 0.6 is 0 Å². The van der Waals surface area contributed by atoms with Crippen molar-refractivity contribution in [3.05, 3.63) is 29.8 Å². The summed E-state index contributed by atoms with van der Waals surface area (Å²) in [7, 11) is 0. The van der Waals surface area contributed by atoms with E-state index in [1.807, 2.05) is 6.92 Å². The summed E-state index contributed by atoms with van der Waals surface area (Å²) in [6, 6.07) is 6.14. The van der Waals surface area contributed by atoms with E-state index in [9.17, 15) is 13.6 Å². The monoisotopic (exact) mass is 299 g/mol. The molecule has 0 aliphatic heterocycles. The van der Waals surface area contributed by atoms with Gasteiger partial charge in [-0.05, 0) is 25.0 Å². The normalized spacial score (nSPS) is 11.0. The van der Waals surface area contributed by atoms with Gasteiger partial charge in [0, 0.05) is 13.1 Å². The van der Waals surface area contributed by atoms with E-state index in [0.717, 1.165) is 12.8 Å². The van der Waals surface area contributed by atoms with Gasteiger partial charge in [0.2, 0.25) is 0 Å². The quantitative estimate of drug-likeness (QED) is 0.720. The van der Waals surface area contributed by atoms with E-state index in [1.165, 1.54) is 12.1 Å². The van der Waals surface area contributed by atoms with E-state index in [-0.39, 0.29) is 17.2 Å². The number of carbonyl (C=O) groups is 1. The van der Waals surface area contributed by atoms with Crippen molar-refractivity contribution in [1.29, 1.82) is 0 Å². The third-order valence-corrected chi connectivity index (χ3v) is 3.64. The highest BCUT2D eigenvalue weighted by Crippen LogP contribution is 2.23. The molecule has 0 saturated carbocycles. The van der Waals surface area contributed by atoms with Crippen LogP contribution in [-0.2, 0) is 0 Å². The minimum absolute atomic E-state index is 0.0690. The number of hydrogen-bond acceptors (Lipinski definition) is 2. The van der Waals surface area contributed by atoms with E-state index in [1.54, 1.807) is 17.0 Å². The number of halogens is 2. The number of amides is 1. The number of para-hydroxylation sites is 1. The highest BCUT2D eigenvalue weighted by atomic mass is 19.3. The predicted molar refractivity (Wildman–Crippen MR) is 78.7 cm³/mol. The Balaban J connectivity index is 2.94. The standard InChI is InChI=1S/C16H23F2NO2/c1-4-12(5-2)11-19(6-3)15(20)13-9-7-8-10-14(13)21-16(17)18/h7-10,12,16H,4-6,11H2,1-3H3. The third-order valence-electron chi connectivity index (χ3n) is 3.64. The second-order valence-electron chi connectivity index (χ2n) is 4.90. The molecule has 1 amide bonds. The van der Waals surface area contributed by atoms with E-state index >= 15 is 0 Å². The Morgan fingerprint density at radius 1 is 1.19 bits per heavy atom. The number of nitrogens with zero attached hydrogens (tertiary/aromatic N) is 1. The highest BCUT2D eigenvalue weighted by molar-refractivity contribution is 5.96. The van der Waals surface area contributed by atoms with Crippen LogP contribution in [0.5, 0.6) is 5.75 Å². The number of ether oxygens (including phenoxy) is 1. The smallest absolute Gasteiger partial charge is 0.387 e. The molecule has 0 N–H and O–H groups in total. The Morgan fingerprint density at radius 3 is 2.33 bits per heavy atom. The number of alkyl halides is 2. The fraction of sp³-hybridized carbons (Fsp3) is 0.562. The van der Waals surface area contributed by atoms with Crippen LogP contribution in [0.25, 0.3) is 0 Å². The summed E-state index contributed by atoms with van der Waals surface area (Å²) in [4.78, 5) is 14.2. The van der Waals surface area contributed by atoms with Gasteiger partial charge in [-0.2, -0.15) is 8.78 Å². The molecule has 21 heavy (non-hydrogen) atoms. The summed E-state index contributed by atoms with van der Waals surface area (Å²) in [5.41, 5.74) is 0.186. The Hall–Kier alpha value is -1.65. The van der Waals surface area contributed by atoms with E-state index < -0.39 is 6.61 Å². The van der Waals surface area contributed by atoms with E-state index in [2.05, 4.69) is 18.6 Å². The van der Waals surface area contributed by atoms with E-state index in [4.69, 9.17) is 0 Å². The molecular weight excluding hydrogens is 276 g/mol. The fourth-order valence-corrected chi connectivity index (χ4v) is 2.23. The number of benzene rings is 1. The van der Waals surface area contributed by atoms with Gasteiger partial charge in [-0.1, -0.05) is 38.8 Å². The predicted octanol–water partition coefficient (Wildman–Crippen LogP) is 4.19. The van der Waals surface area contributed by atoms with Crippen LogP contribution in [0.15, 0.2) is 24.3 Å². The lowest BCUT2D eigenvalue weighted by atomic mass is 10.0. The van der Waals surface area contributed by atoms with Crippen molar-refractivity contribution in [2.75, 3.05) is 13.1 Å². The van der Waals surface area contributed by atoms with Crippen LogP contribution in [0.1, 0.15) is 44.0 Å². The average molecular weight is 299 g/mol. The van der Waals surface area contributed by atoms with Crippen LogP contribution < -0.4 is 4.74 Å². The lowest BCUT2D eigenvalue weighted by Crippen LogP contribution is -2.35. The molecule has 0 heterocycles. The van der Waals surface area contributed by atoms with Crippen molar-refractivity contribution in [2.45, 2.75) is 40.2 Å². The molecular formula is C16H23F2NO2. The van der Waals surface area contributed by atoms with Gasteiger partial charge in [0.15, 0.2) is 0 Å². The van der Waals surface area contributed by atoms with Crippen LogP contribution in [0, 0.1) is 5.92 Å². The first kappa shape index (κ1) is 17.4. The Labute approximate surface area is 124 Å². The summed E-state index contributed by atoms with van der Waals surface area (Å²) < 4.78 is 29.3. The Kier molecular flexibility index (Phi) is 7.12. The SMILES string of the molecule is CCC(CC)CN(CC)C(=O)c1ccccc1OC(F)F. The summed E-state index contributed by atoms with van der Waals surface area (Å²) in [6.07, 6.45) is 1.96. The second-order valence-corrected chi connectivity index (χ2v) is 4.90. The van der Waals surface area contributed by atoms with Crippen molar-refractivity contribution < 1.29 is 18.3 Å². The molecule has 0 radical (unpaired) electrons. The minimum Gasteiger partial charge on any atom is -0.434 e. The van der Waals surface area contributed by atoms with Crippen molar-refractivity contribution in [3.8, 4) is 5.75 Å². The molecule has 1 rings (SSSR count). The summed E-state index contributed by atoms with van der Waals surface area (Å²) in [5.74, 6) is 0.0817. The number of hydrogen-bond donors (Lipinski definition) is 0. The third kappa shape index (κ3) is 4.99. The number of carbonyl (C=O) groups excluding carboxylic acids is 1. The second kappa shape index (κ2) is 8.60. The molecule has 118 valence electrons. The maximum absolute atomic E-state index is 12.5. The van der Waals surface area contributed by atoms with Crippen LogP contribution in [0.3, 0.4) is 0 Å². The van der Waals surface area contributed by atoms with Crippen LogP contribution in [0.4, 0.5) is 8.78 Å². The van der Waals surface area contributed by atoms with E-state index in [0.29, 0.717) is 19.0 Å². The molecule has 0 fully saturated rings. The first-order valence-electron chi connectivity index (χ1n) is 7.36. The average Bonchev–Trinajstić information content (AvgIpc) is 2.48. The summed E-state index contributed by atoms with van der Waals surface area (Å²) >= 11 is 0. The van der Waals surface area contributed by atoms with Crippen molar-refractivity contribution >= 4 is 5.91 Å². The van der Waals surface area contributed by atoms with Gasteiger partial charge in [0.25, 0.3) is 5.91 Å². The molecule has 0 aliphatic rings. The van der Waals surface area contributed by atoms with Gasteiger partial charge >= 0.3 is 6.61 Å². The van der Waals surface area contributed by atoms with Crippen molar-refractivity contribution in [3.63, 3.8) is 0 Å². The molecule has 0 aromatic heterocycles. The maximum atomic E-state index is 12.5. The molecule has 1 aromatic carbocycles. The Bertz CT molecular complexity index is 448. The van der Waals surface area contributed by atoms with Gasteiger partial charge < -0.3 is 9.64 Å². The van der Waals surface area contributed by atoms with Gasteiger partial charge in [0.05, 0.1) is 5.56 Å². The largest absolute Gasteiger partial charge is 0.434 e. The lowest BCUT2D eigenvalue weighted by Gasteiger charge is -2.26. The molecule has 3 nitrogen and oxygen atoms in total. The molecule has 0 bridgehead atoms.